The van der Waals surface area contributed by atoms with Crippen LogP contribution in [0.1, 0.15) is 16.0 Å². The summed E-state index contributed by atoms with van der Waals surface area (Å²) in [6.45, 7) is 5.88. The molecule has 0 fully saturated rings. The highest BCUT2D eigenvalue weighted by atomic mass is 32.1. The van der Waals surface area contributed by atoms with Crippen molar-refractivity contribution in [1.82, 2.24) is 4.98 Å². The summed E-state index contributed by atoms with van der Waals surface area (Å²) >= 11 is 1.47. The van der Waals surface area contributed by atoms with Crippen LogP contribution in [-0.2, 0) is 4.79 Å². The number of rotatable bonds is 5. The molecule has 0 aliphatic rings. The lowest BCUT2D eigenvalue weighted by Gasteiger charge is -2.12. The van der Waals surface area contributed by atoms with E-state index in [9.17, 15) is 4.79 Å². The van der Waals surface area contributed by atoms with Crippen molar-refractivity contribution in [2.45, 2.75) is 20.8 Å². The first kappa shape index (κ1) is 17.9. The molecule has 0 unspecified atom stereocenters. The molecule has 0 bridgehead atoms. The van der Waals surface area contributed by atoms with E-state index in [1.807, 2.05) is 63.2 Å². The maximum absolute atomic E-state index is 12.2. The molecule has 0 aliphatic carbocycles. The summed E-state index contributed by atoms with van der Waals surface area (Å²) in [5.41, 5.74) is 10.5. The number of ether oxygens (including phenoxy) is 1. The first-order valence-electron chi connectivity index (χ1n) is 8.26. The fraction of sp³-hybridized carbons (Fsp3) is 0.200. The number of benzene rings is 2. The lowest BCUT2D eigenvalue weighted by Crippen LogP contribution is -2.21. The van der Waals surface area contributed by atoms with Gasteiger partial charge in [0.25, 0.3) is 5.91 Å². The molecule has 5 nitrogen and oxygen atoms in total. The number of hydrogen-bond acceptors (Lipinski definition) is 5. The molecule has 3 rings (SSSR count). The minimum atomic E-state index is -0.186. The number of amides is 1. The van der Waals surface area contributed by atoms with Gasteiger partial charge in [-0.2, -0.15) is 0 Å². The number of nitrogen functional groups attached to an aromatic ring is 1. The highest BCUT2D eigenvalue weighted by Crippen LogP contribution is 2.29. The second-order valence-electron chi connectivity index (χ2n) is 6.08. The predicted molar refractivity (Wildman–Crippen MR) is 107 cm³/mol. The van der Waals surface area contributed by atoms with Gasteiger partial charge in [0.2, 0.25) is 0 Å². The first-order chi connectivity index (χ1) is 12.4. The monoisotopic (exact) mass is 367 g/mol. The Morgan fingerprint density at radius 1 is 1.12 bits per heavy atom. The number of para-hydroxylation sites is 1. The molecule has 0 aliphatic heterocycles. The highest BCUT2D eigenvalue weighted by Gasteiger charge is 2.10. The maximum atomic E-state index is 12.2. The van der Waals surface area contributed by atoms with Crippen molar-refractivity contribution < 1.29 is 9.53 Å². The van der Waals surface area contributed by atoms with Gasteiger partial charge in [0, 0.05) is 16.1 Å². The first-order valence-corrected chi connectivity index (χ1v) is 9.08. The van der Waals surface area contributed by atoms with E-state index in [1.54, 1.807) is 0 Å². The Labute approximate surface area is 156 Å². The molecule has 6 heteroatoms. The quantitative estimate of drug-likeness (QED) is 0.703. The molecule has 26 heavy (non-hydrogen) atoms. The van der Waals surface area contributed by atoms with Crippen LogP contribution in [0.2, 0.25) is 0 Å². The lowest BCUT2D eigenvalue weighted by molar-refractivity contribution is -0.118. The molecule has 0 atom stereocenters. The Bertz CT molecular complexity index is 912. The minimum Gasteiger partial charge on any atom is -0.484 e. The molecule has 1 aromatic heterocycles. The number of aromatic nitrogens is 1. The zero-order chi connectivity index (χ0) is 18.7. The zero-order valence-electron chi connectivity index (χ0n) is 15.0. The summed E-state index contributed by atoms with van der Waals surface area (Å²) < 4.78 is 5.59. The standard InChI is InChI=1S/C20H21N3O2S/c1-12-5-4-6-13(2)18(12)22-17(24)11-25-16-9-7-15(8-10-16)19-14(3)26-20(21)23-19/h4-10H,11H2,1-3H3,(H2,21,23)(H,22,24). The molecule has 2 aromatic carbocycles. The zero-order valence-corrected chi connectivity index (χ0v) is 15.8. The number of carbonyl (C=O) groups excluding carboxylic acids is 1. The van der Waals surface area contributed by atoms with Crippen LogP contribution < -0.4 is 15.8 Å². The summed E-state index contributed by atoms with van der Waals surface area (Å²) in [5, 5.41) is 3.47. The van der Waals surface area contributed by atoms with Crippen LogP contribution in [0.15, 0.2) is 42.5 Å². The SMILES string of the molecule is Cc1cccc(C)c1NC(=O)COc1ccc(-c2nc(N)sc2C)cc1. The minimum absolute atomic E-state index is 0.0458. The molecular formula is C20H21N3O2S. The molecule has 0 saturated carbocycles. The molecule has 1 amide bonds. The number of aryl methyl sites for hydroxylation is 3. The molecular weight excluding hydrogens is 346 g/mol. The van der Waals surface area contributed by atoms with Crippen LogP contribution in [-0.4, -0.2) is 17.5 Å². The van der Waals surface area contributed by atoms with Crippen molar-refractivity contribution in [2.75, 3.05) is 17.7 Å². The van der Waals surface area contributed by atoms with Gasteiger partial charge in [0.05, 0.1) is 5.69 Å². The smallest absolute Gasteiger partial charge is 0.262 e. The predicted octanol–water partition coefficient (Wildman–Crippen LogP) is 4.34. The highest BCUT2D eigenvalue weighted by molar-refractivity contribution is 7.15. The summed E-state index contributed by atoms with van der Waals surface area (Å²) in [7, 11) is 0. The van der Waals surface area contributed by atoms with E-state index in [4.69, 9.17) is 10.5 Å². The number of nitrogens with two attached hydrogens (primary N) is 1. The van der Waals surface area contributed by atoms with Crippen LogP contribution in [0.5, 0.6) is 5.75 Å². The van der Waals surface area contributed by atoms with Crippen molar-refractivity contribution in [1.29, 1.82) is 0 Å². The Hall–Kier alpha value is -2.86. The van der Waals surface area contributed by atoms with Gasteiger partial charge in [-0.3, -0.25) is 4.79 Å². The van der Waals surface area contributed by atoms with E-state index in [1.165, 1.54) is 11.3 Å². The van der Waals surface area contributed by atoms with Crippen molar-refractivity contribution in [3.63, 3.8) is 0 Å². The average molecular weight is 367 g/mol. The van der Waals surface area contributed by atoms with Gasteiger partial charge in [-0.25, -0.2) is 4.98 Å². The maximum Gasteiger partial charge on any atom is 0.262 e. The van der Waals surface area contributed by atoms with Crippen molar-refractivity contribution in [3.8, 4) is 17.0 Å². The fourth-order valence-electron chi connectivity index (χ4n) is 2.73. The van der Waals surface area contributed by atoms with E-state index in [-0.39, 0.29) is 12.5 Å². The number of anilines is 2. The van der Waals surface area contributed by atoms with E-state index < -0.39 is 0 Å². The Morgan fingerprint density at radius 2 is 1.77 bits per heavy atom. The number of nitrogens with one attached hydrogen (secondary N) is 1. The number of hydrogen-bond donors (Lipinski definition) is 2. The van der Waals surface area contributed by atoms with E-state index in [0.29, 0.717) is 10.9 Å². The van der Waals surface area contributed by atoms with Crippen LogP contribution in [0.3, 0.4) is 0 Å². The molecule has 134 valence electrons. The second-order valence-corrected chi connectivity index (χ2v) is 7.32. The number of carbonyl (C=O) groups is 1. The van der Waals surface area contributed by atoms with E-state index in [0.717, 1.165) is 32.9 Å². The fourth-order valence-corrected chi connectivity index (χ4v) is 3.44. The normalized spacial score (nSPS) is 10.6. The Kier molecular flexibility index (Phi) is 5.23. The van der Waals surface area contributed by atoms with Gasteiger partial charge in [-0.15, -0.1) is 11.3 Å². The van der Waals surface area contributed by atoms with Crippen LogP contribution in [0.25, 0.3) is 11.3 Å². The van der Waals surface area contributed by atoms with Crippen molar-refractivity contribution in [2.24, 2.45) is 0 Å². The number of thiazole rings is 1. The third-order valence-electron chi connectivity index (χ3n) is 4.06. The molecule has 3 aromatic rings. The molecule has 0 radical (unpaired) electrons. The summed E-state index contributed by atoms with van der Waals surface area (Å²) in [6, 6.07) is 13.4. The molecule has 0 spiro atoms. The Morgan fingerprint density at radius 3 is 2.35 bits per heavy atom. The largest absolute Gasteiger partial charge is 0.484 e. The van der Waals surface area contributed by atoms with E-state index in [2.05, 4.69) is 10.3 Å². The Balaban J connectivity index is 1.61. The molecule has 1 heterocycles. The van der Waals surface area contributed by atoms with Crippen molar-refractivity contribution >= 4 is 28.1 Å². The second kappa shape index (κ2) is 7.58. The van der Waals surface area contributed by atoms with Crippen LogP contribution in [0, 0.1) is 20.8 Å². The van der Waals surface area contributed by atoms with Gasteiger partial charge in [0.1, 0.15) is 5.75 Å². The molecule has 3 N–H and O–H groups in total. The van der Waals surface area contributed by atoms with Crippen LogP contribution >= 0.6 is 11.3 Å². The third kappa shape index (κ3) is 4.03. The topological polar surface area (TPSA) is 77.2 Å². The van der Waals surface area contributed by atoms with Gasteiger partial charge in [0.15, 0.2) is 11.7 Å². The average Bonchev–Trinajstić information content (AvgIpc) is 2.95. The number of nitrogens with zero attached hydrogens (tertiary/aromatic N) is 1. The lowest BCUT2D eigenvalue weighted by atomic mass is 10.1. The summed E-state index contributed by atoms with van der Waals surface area (Å²) in [4.78, 5) is 17.6. The van der Waals surface area contributed by atoms with Gasteiger partial charge in [-0.05, 0) is 56.2 Å². The molecule has 0 saturated heterocycles. The third-order valence-corrected chi connectivity index (χ3v) is 4.86. The van der Waals surface area contributed by atoms with Crippen LogP contribution in [0.4, 0.5) is 10.8 Å². The van der Waals surface area contributed by atoms with Gasteiger partial charge < -0.3 is 15.8 Å². The van der Waals surface area contributed by atoms with E-state index >= 15 is 0 Å². The van der Waals surface area contributed by atoms with Gasteiger partial charge in [-0.1, -0.05) is 18.2 Å². The van der Waals surface area contributed by atoms with Crippen molar-refractivity contribution in [3.05, 3.63) is 58.5 Å². The summed E-state index contributed by atoms with van der Waals surface area (Å²) in [5.74, 6) is 0.445. The van der Waals surface area contributed by atoms with Gasteiger partial charge >= 0.3 is 0 Å². The summed E-state index contributed by atoms with van der Waals surface area (Å²) in [6.07, 6.45) is 0.